The monoisotopic (exact) mass is 297 g/mol. The SMILES string of the molecule is CCN(CC(=O)NC(C(C)=O)C(C)C)C1CCC(N)CC1. The zero-order valence-electron chi connectivity index (χ0n) is 13.9. The molecule has 1 aliphatic rings. The maximum atomic E-state index is 12.2. The molecule has 5 nitrogen and oxygen atoms in total. The smallest absolute Gasteiger partial charge is 0.234 e. The minimum atomic E-state index is -0.379. The van der Waals surface area contributed by atoms with Crippen LogP contribution in [0.5, 0.6) is 0 Å². The predicted octanol–water partition coefficient (Wildman–Crippen LogP) is 1.31. The molecule has 0 aliphatic heterocycles. The van der Waals surface area contributed by atoms with E-state index in [1.54, 1.807) is 0 Å². The molecule has 0 aromatic rings. The molecule has 1 rings (SSSR count). The summed E-state index contributed by atoms with van der Waals surface area (Å²) in [5, 5.41) is 2.87. The van der Waals surface area contributed by atoms with Crippen LogP contribution in [-0.4, -0.2) is 47.8 Å². The van der Waals surface area contributed by atoms with Crippen LogP contribution >= 0.6 is 0 Å². The summed E-state index contributed by atoms with van der Waals surface area (Å²) >= 11 is 0. The molecule has 1 aliphatic carbocycles. The van der Waals surface area contributed by atoms with E-state index < -0.39 is 0 Å². The maximum absolute atomic E-state index is 12.2. The number of rotatable bonds is 7. The number of hydrogen-bond acceptors (Lipinski definition) is 4. The van der Waals surface area contributed by atoms with Gasteiger partial charge in [0.05, 0.1) is 12.6 Å². The second kappa shape index (κ2) is 8.49. The van der Waals surface area contributed by atoms with E-state index in [-0.39, 0.29) is 23.7 Å². The highest BCUT2D eigenvalue weighted by Gasteiger charge is 2.26. The first kappa shape index (κ1) is 18.1. The minimum Gasteiger partial charge on any atom is -0.345 e. The molecule has 0 radical (unpaired) electrons. The van der Waals surface area contributed by atoms with E-state index in [1.165, 1.54) is 6.92 Å². The topological polar surface area (TPSA) is 75.4 Å². The lowest BCUT2D eigenvalue weighted by molar-refractivity contribution is -0.129. The van der Waals surface area contributed by atoms with E-state index in [9.17, 15) is 9.59 Å². The van der Waals surface area contributed by atoms with Gasteiger partial charge in [-0.25, -0.2) is 0 Å². The molecule has 122 valence electrons. The van der Waals surface area contributed by atoms with Gasteiger partial charge in [0.1, 0.15) is 0 Å². The Balaban J connectivity index is 2.52. The number of nitrogens with zero attached hydrogens (tertiary/aromatic N) is 1. The molecule has 0 spiro atoms. The third-order valence-corrected chi connectivity index (χ3v) is 4.43. The van der Waals surface area contributed by atoms with Gasteiger partial charge in [-0.15, -0.1) is 0 Å². The van der Waals surface area contributed by atoms with Crippen molar-refractivity contribution >= 4 is 11.7 Å². The standard InChI is InChI=1S/C16H31N3O2/c1-5-19(14-8-6-13(17)7-9-14)10-15(21)18-16(11(2)3)12(4)20/h11,13-14,16H,5-10,17H2,1-4H3,(H,18,21). The van der Waals surface area contributed by atoms with Gasteiger partial charge in [0.2, 0.25) is 5.91 Å². The molecule has 0 aromatic heterocycles. The van der Waals surface area contributed by atoms with Crippen LogP contribution in [0.25, 0.3) is 0 Å². The first-order valence-electron chi connectivity index (χ1n) is 8.14. The predicted molar refractivity (Wildman–Crippen MR) is 84.9 cm³/mol. The highest BCUT2D eigenvalue weighted by Crippen LogP contribution is 2.21. The van der Waals surface area contributed by atoms with Crippen LogP contribution in [0.4, 0.5) is 0 Å². The van der Waals surface area contributed by atoms with E-state index in [1.807, 2.05) is 13.8 Å². The molecule has 0 aromatic carbocycles. The van der Waals surface area contributed by atoms with Crippen molar-refractivity contribution in [2.24, 2.45) is 11.7 Å². The van der Waals surface area contributed by atoms with Crippen LogP contribution in [0.1, 0.15) is 53.4 Å². The van der Waals surface area contributed by atoms with Crippen molar-refractivity contribution in [3.63, 3.8) is 0 Å². The molecule has 1 amide bonds. The van der Waals surface area contributed by atoms with Crippen LogP contribution < -0.4 is 11.1 Å². The summed E-state index contributed by atoms with van der Waals surface area (Å²) in [6.45, 7) is 8.73. The lowest BCUT2D eigenvalue weighted by Gasteiger charge is -2.35. The van der Waals surface area contributed by atoms with Gasteiger partial charge in [-0.1, -0.05) is 20.8 Å². The van der Waals surface area contributed by atoms with E-state index in [0.717, 1.165) is 32.2 Å². The molecular formula is C16H31N3O2. The van der Waals surface area contributed by atoms with Gasteiger partial charge < -0.3 is 11.1 Å². The second-order valence-electron chi connectivity index (χ2n) is 6.53. The summed E-state index contributed by atoms with van der Waals surface area (Å²) in [7, 11) is 0. The quantitative estimate of drug-likeness (QED) is 0.743. The van der Waals surface area contributed by atoms with E-state index in [4.69, 9.17) is 5.73 Å². The lowest BCUT2D eigenvalue weighted by atomic mass is 9.90. The molecular weight excluding hydrogens is 266 g/mol. The van der Waals surface area contributed by atoms with Crippen molar-refractivity contribution in [1.82, 2.24) is 10.2 Å². The first-order valence-corrected chi connectivity index (χ1v) is 8.14. The lowest BCUT2D eigenvalue weighted by Crippen LogP contribution is -2.50. The third kappa shape index (κ3) is 5.75. The van der Waals surface area contributed by atoms with E-state index in [0.29, 0.717) is 18.6 Å². The summed E-state index contributed by atoms with van der Waals surface area (Å²) in [4.78, 5) is 26.0. The highest BCUT2D eigenvalue weighted by molar-refractivity contribution is 5.88. The van der Waals surface area contributed by atoms with Gasteiger partial charge in [-0.05, 0) is 45.1 Å². The third-order valence-electron chi connectivity index (χ3n) is 4.43. The van der Waals surface area contributed by atoms with Gasteiger partial charge in [0, 0.05) is 12.1 Å². The van der Waals surface area contributed by atoms with Crippen molar-refractivity contribution in [1.29, 1.82) is 0 Å². The Morgan fingerprint density at radius 2 is 1.81 bits per heavy atom. The highest BCUT2D eigenvalue weighted by atomic mass is 16.2. The number of carbonyl (C=O) groups excluding carboxylic acids is 2. The van der Waals surface area contributed by atoms with Crippen LogP contribution in [0.3, 0.4) is 0 Å². The summed E-state index contributed by atoms with van der Waals surface area (Å²) in [5.74, 6) is 0.0832. The number of ketones is 1. The molecule has 0 heterocycles. The van der Waals surface area contributed by atoms with Gasteiger partial charge in [-0.3, -0.25) is 14.5 Å². The van der Waals surface area contributed by atoms with Crippen LogP contribution in [0.15, 0.2) is 0 Å². The second-order valence-corrected chi connectivity index (χ2v) is 6.53. The molecule has 1 atom stereocenters. The number of likely N-dealkylation sites (N-methyl/N-ethyl adjacent to an activating group) is 1. The molecule has 0 bridgehead atoms. The van der Waals surface area contributed by atoms with Gasteiger partial charge in [0.15, 0.2) is 5.78 Å². The Kier molecular flexibility index (Phi) is 7.32. The van der Waals surface area contributed by atoms with Crippen molar-refractivity contribution in [3.8, 4) is 0 Å². The van der Waals surface area contributed by atoms with Gasteiger partial charge in [-0.2, -0.15) is 0 Å². The Labute approximate surface area is 128 Å². The number of nitrogens with two attached hydrogens (primary N) is 1. The normalized spacial score (nSPS) is 24.1. The maximum Gasteiger partial charge on any atom is 0.234 e. The fourth-order valence-corrected chi connectivity index (χ4v) is 3.11. The Bertz CT molecular complexity index is 349. The van der Waals surface area contributed by atoms with Gasteiger partial charge >= 0.3 is 0 Å². The number of hydrogen-bond donors (Lipinski definition) is 2. The van der Waals surface area contributed by atoms with Crippen molar-refractivity contribution in [2.45, 2.75) is 71.5 Å². The molecule has 21 heavy (non-hydrogen) atoms. The Morgan fingerprint density at radius 1 is 1.24 bits per heavy atom. The summed E-state index contributed by atoms with van der Waals surface area (Å²) in [6.07, 6.45) is 4.18. The zero-order valence-corrected chi connectivity index (χ0v) is 13.9. The molecule has 3 N–H and O–H groups in total. The minimum absolute atomic E-state index is 0.0186. The number of amides is 1. The number of Topliss-reactive ketones (excluding diaryl/α,β-unsaturated/α-hetero) is 1. The number of nitrogens with one attached hydrogen (secondary N) is 1. The molecule has 1 saturated carbocycles. The van der Waals surface area contributed by atoms with Crippen LogP contribution in [-0.2, 0) is 9.59 Å². The van der Waals surface area contributed by atoms with Crippen molar-refractivity contribution in [2.75, 3.05) is 13.1 Å². The van der Waals surface area contributed by atoms with Gasteiger partial charge in [0.25, 0.3) is 0 Å². The number of carbonyl (C=O) groups is 2. The molecule has 1 unspecified atom stereocenters. The summed E-state index contributed by atoms with van der Waals surface area (Å²) in [5.41, 5.74) is 5.94. The first-order chi connectivity index (χ1) is 9.85. The van der Waals surface area contributed by atoms with E-state index in [2.05, 4.69) is 17.1 Å². The van der Waals surface area contributed by atoms with Crippen molar-refractivity contribution < 1.29 is 9.59 Å². The fourth-order valence-electron chi connectivity index (χ4n) is 3.11. The fraction of sp³-hybridized carbons (Fsp3) is 0.875. The van der Waals surface area contributed by atoms with Crippen molar-refractivity contribution in [3.05, 3.63) is 0 Å². The average molecular weight is 297 g/mol. The summed E-state index contributed by atoms with van der Waals surface area (Å²) < 4.78 is 0. The average Bonchev–Trinajstić information content (AvgIpc) is 2.42. The molecule has 1 fully saturated rings. The molecule has 0 saturated heterocycles. The van der Waals surface area contributed by atoms with Crippen LogP contribution in [0, 0.1) is 5.92 Å². The summed E-state index contributed by atoms with van der Waals surface area (Å²) in [6, 6.07) is 0.378. The zero-order chi connectivity index (χ0) is 16.0. The van der Waals surface area contributed by atoms with Crippen LogP contribution in [0.2, 0.25) is 0 Å². The van der Waals surface area contributed by atoms with E-state index >= 15 is 0 Å². The molecule has 5 heteroatoms. The Morgan fingerprint density at radius 3 is 2.24 bits per heavy atom. The largest absolute Gasteiger partial charge is 0.345 e. The Hall–Kier alpha value is -0.940.